The molecule has 0 amide bonds. The maximum Gasteiger partial charge on any atom is 0.333 e. The monoisotopic (exact) mass is 485 g/mol. The second-order valence-electron chi connectivity index (χ2n) is 7.79. The first kappa shape index (κ1) is 24.9. The second kappa shape index (κ2) is 11.9. The Morgan fingerprint density at radius 2 is 1.18 bits per heavy atom. The Labute approximate surface area is 202 Å². The molecule has 9 heteroatoms. The summed E-state index contributed by atoms with van der Waals surface area (Å²) in [4.78, 5) is 19.8. The average molecular weight is 486 g/mol. The third-order valence-electron chi connectivity index (χ3n) is 4.28. The molecule has 0 aliphatic rings. The van der Waals surface area contributed by atoms with Gasteiger partial charge in [0, 0.05) is 11.5 Å². The Kier molecular flexibility index (Phi) is 8.96. The zero-order valence-corrected chi connectivity index (χ0v) is 20.7. The van der Waals surface area contributed by atoms with Gasteiger partial charge in [-0.3, -0.25) is 10.1 Å². The van der Waals surface area contributed by atoms with Crippen LogP contribution in [0.15, 0.2) is 64.9 Å². The van der Waals surface area contributed by atoms with Crippen LogP contribution >= 0.6 is 23.5 Å². The van der Waals surface area contributed by atoms with Gasteiger partial charge in [-0.25, -0.2) is 9.97 Å². The van der Waals surface area contributed by atoms with E-state index in [0.717, 1.165) is 22.6 Å². The molecule has 1 aromatic heterocycles. The summed E-state index contributed by atoms with van der Waals surface area (Å²) in [5.41, 5.74) is 2.01. The van der Waals surface area contributed by atoms with Gasteiger partial charge in [-0.1, -0.05) is 47.8 Å². The molecule has 0 unspecified atom stereocenters. The van der Waals surface area contributed by atoms with E-state index in [2.05, 4.69) is 9.97 Å². The van der Waals surface area contributed by atoms with Crippen LogP contribution in [0.4, 0.5) is 5.69 Å². The van der Waals surface area contributed by atoms with E-state index in [9.17, 15) is 10.1 Å². The molecule has 0 aliphatic heterocycles. The number of hydrogen-bond acceptors (Lipinski definition) is 8. The molecule has 3 aromatic rings. The molecule has 0 radical (unpaired) electrons. The number of thioether (sulfide) groups is 2. The third kappa shape index (κ3) is 7.64. The van der Waals surface area contributed by atoms with Crippen LogP contribution in [0.5, 0.6) is 11.5 Å². The van der Waals surface area contributed by atoms with Gasteiger partial charge >= 0.3 is 5.69 Å². The molecule has 33 heavy (non-hydrogen) atoms. The van der Waals surface area contributed by atoms with Crippen molar-refractivity contribution in [3.8, 4) is 11.5 Å². The predicted octanol–water partition coefficient (Wildman–Crippen LogP) is 6.54. The summed E-state index contributed by atoms with van der Waals surface area (Å²) in [5.74, 6) is 2.71. The fourth-order valence-electron chi connectivity index (χ4n) is 2.89. The Bertz CT molecular complexity index is 983. The SMILES string of the molecule is CC(C)Oc1ccc(CSc2ncnc(SCc3ccc(OC(C)C)cc3)c2[N+](=O)[O-])cc1. The molecule has 0 atom stereocenters. The Morgan fingerprint density at radius 3 is 1.52 bits per heavy atom. The molecule has 2 aromatic carbocycles. The van der Waals surface area contributed by atoms with Crippen molar-refractivity contribution in [3.05, 3.63) is 76.1 Å². The van der Waals surface area contributed by atoms with Crippen molar-refractivity contribution in [1.29, 1.82) is 0 Å². The van der Waals surface area contributed by atoms with Crippen LogP contribution in [0.3, 0.4) is 0 Å². The highest BCUT2D eigenvalue weighted by Gasteiger charge is 2.23. The molecule has 0 saturated heterocycles. The van der Waals surface area contributed by atoms with E-state index in [0.29, 0.717) is 21.6 Å². The van der Waals surface area contributed by atoms with Crippen LogP contribution < -0.4 is 9.47 Å². The van der Waals surface area contributed by atoms with Gasteiger partial charge in [-0.05, 0) is 63.1 Å². The van der Waals surface area contributed by atoms with Gasteiger partial charge in [0.05, 0.1) is 17.1 Å². The molecule has 0 fully saturated rings. The molecular formula is C24H27N3O4S2. The quantitative estimate of drug-likeness (QED) is 0.131. The first-order chi connectivity index (χ1) is 15.8. The van der Waals surface area contributed by atoms with Gasteiger partial charge < -0.3 is 9.47 Å². The van der Waals surface area contributed by atoms with Gasteiger partial charge in [0.1, 0.15) is 17.8 Å². The zero-order chi connectivity index (χ0) is 23.8. The highest BCUT2D eigenvalue weighted by atomic mass is 32.2. The summed E-state index contributed by atoms with van der Waals surface area (Å²) >= 11 is 2.66. The minimum absolute atomic E-state index is 0.0491. The Morgan fingerprint density at radius 1 is 0.788 bits per heavy atom. The fourth-order valence-corrected chi connectivity index (χ4v) is 4.81. The number of ether oxygens (including phenoxy) is 2. The first-order valence-corrected chi connectivity index (χ1v) is 12.5. The van der Waals surface area contributed by atoms with Crippen LogP contribution in [0, 0.1) is 10.1 Å². The van der Waals surface area contributed by atoms with Crippen LogP contribution in [-0.4, -0.2) is 27.1 Å². The number of nitrogens with zero attached hydrogens (tertiary/aromatic N) is 3. The molecule has 3 rings (SSSR count). The van der Waals surface area contributed by atoms with E-state index < -0.39 is 4.92 Å². The molecular weight excluding hydrogens is 458 g/mol. The Balaban J connectivity index is 1.67. The highest BCUT2D eigenvalue weighted by Crippen LogP contribution is 2.37. The van der Waals surface area contributed by atoms with Crippen molar-refractivity contribution in [2.45, 2.75) is 61.5 Å². The third-order valence-corrected chi connectivity index (χ3v) is 6.38. The predicted molar refractivity (Wildman–Crippen MR) is 132 cm³/mol. The van der Waals surface area contributed by atoms with Gasteiger partial charge in [0.2, 0.25) is 0 Å². The van der Waals surface area contributed by atoms with Crippen molar-refractivity contribution >= 4 is 29.2 Å². The molecule has 0 N–H and O–H groups in total. The topological polar surface area (TPSA) is 87.4 Å². The normalized spacial score (nSPS) is 11.1. The highest BCUT2D eigenvalue weighted by molar-refractivity contribution is 7.99. The van der Waals surface area contributed by atoms with Crippen molar-refractivity contribution in [1.82, 2.24) is 9.97 Å². The molecule has 0 aliphatic carbocycles. The van der Waals surface area contributed by atoms with E-state index in [4.69, 9.17) is 9.47 Å². The molecule has 0 saturated carbocycles. The lowest BCUT2D eigenvalue weighted by Gasteiger charge is -2.10. The number of nitro groups is 1. The number of aromatic nitrogens is 2. The van der Waals surface area contributed by atoms with Crippen LogP contribution in [0.1, 0.15) is 38.8 Å². The van der Waals surface area contributed by atoms with E-state index >= 15 is 0 Å². The number of rotatable bonds is 11. The maximum atomic E-state index is 11.8. The lowest BCUT2D eigenvalue weighted by Crippen LogP contribution is -2.05. The van der Waals surface area contributed by atoms with Crippen molar-refractivity contribution in [2.75, 3.05) is 0 Å². The molecule has 0 bridgehead atoms. The average Bonchev–Trinajstić information content (AvgIpc) is 2.77. The molecule has 0 spiro atoms. The van der Waals surface area contributed by atoms with Crippen LogP contribution in [0.2, 0.25) is 0 Å². The zero-order valence-electron chi connectivity index (χ0n) is 19.1. The van der Waals surface area contributed by atoms with Crippen LogP contribution in [-0.2, 0) is 11.5 Å². The minimum atomic E-state index is -0.399. The lowest BCUT2D eigenvalue weighted by atomic mass is 10.2. The summed E-state index contributed by atoms with van der Waals surface area (Å²) in [6, 6.07) is 15.5. The van der Waals surface area contributed by atoms with Gasteiger partial charge in [-0.2, -0.15) is 0 Å². The number of benzene rings is 2. The summed E-state index contributed by atoms with van der Waals surface area (Å²) in [6.45, 7) is 7.90. The van der Waals surface area contributed by atoms with E-state index in [1.807, 2.05) is 76.2 Å². The lowest BCUT2D eigenvalue weighted by molar-refractivity contribution is -0.391. The van der Waals surface area contributed by atoms with E-state index in [1.165, 1.54) is 29.9 Å². The van der Waals surface area contributed by atoms with Gasteiger partial charge in [0.25, 0.3) is 0 Å². The summed E-state index contributed by atoms with van der Waals surface area (Å²) < 4.78 is 11.3. The largest absolute Gasteiger partial charge is 0.491 e. The molecule has 174 valence electrons. The fraction of sp³-hybridized carbons (Fsp3) is 0.333. The smallest absolute Gasteiger partial charge is 0.333 e. The van der Waals surface area contributed by atoms with E-state index in [-0.39, 0.29) is 17.9 Å². The minimum Gasteiger partial charge on any atom is -0.491 e. The van der Waals surface area contributed by atoms with Gasteiger partial charge in [0.15, 0.2) is 10.1 Å². The number of hydrogen-bond donors (Lipinski definition) is 0. The van der Waals surface area contributed by atoms with Crippen LogP contribution in [0.25, 0.3) is 0 Å². The summed E-state index contributed by atoms with van der Waals surface area (Å²) in [5, 5.41) is 12.5. The second-order valence-corrected chi connectivity index (χ2v) is 9.72. The van der Waals surface area contributed by atoms with Crippen molar-refractivity contribution < 1.29 is 14.4 Å². The first-order valence-electron chi connectivity index (χ1n) is 10.6. The standard InChI is InChI=1S/C24H27N3O4S2/c1-16(2)30-20-9-5-18(6-10-20)13-32-23-22(27(28)29)24(26-15-25-23)33-14-19-7-11-21(12-8-19)31-17(3)4/h5-12,15-17H,13-14H2,1-4H3. The molecule has 1 heterocycles. The van der Waals surface area contributed by atoms with Gasteiger partial charge in [-0.15, -0.1) is 0 Å². The summed E-state index contributed by atoms with van der Waals surface area (Å²) in [6.07, 6.45) is 1.60. The molecule has 7 nitrogen and oxygen atoms in total. The van der Waals surface area contributed by atoms with Crippen molar-refractivity contribution in [2.24, 2.45) is 0 Å². The maximum absolute atomic E-state index is 11.8. The Hall–Kier alpha value is -2.78. The summed E-state index contributed by atoms with van der Waals surface area (Å²) in [7, 11) is 0. The van der Waals surface area contributed by atoms with E-state index in [1.54, 1.807) is 0 Å². The van der Waals surface area contributed by atoms with Crippen molar-refractivity contribution in [3.63, 3.8) is 0 Å².